The third kappa shape index (κ3) is 4.85. The summed E-state index contributed by atoms with van der Waals surface area (Å²) in [5.41, 5.74) is 0. The molecule has 3 rings (SSSR count). The van der Waals surface area contributed by atoms with E-state index in [1.807, 2.05) is 7.05 Å². The van der Waals surface area contributed by atoms with Crippen molar-refractivity contribution in [3.05, 3.63) is 0 Å². The Kier molecular flexibility index (Phi) is 6.78. The molecule has 0 bridgehead atoms. The van der Waals surface area contributed by atoms with Crippen LogP contribution in [0, 0.1) is 5.92 Å². The van der Waals surface area contributed by atoms with Crippen LogP contribution < -0.4 is 5.32 Å². The molecule has 0 aromatic carbocycles. The highest BCUT2D eigenvalue weighted by Crippen LogP contribution is 2.27. The maximum atomic E-state index is 9.68. The highest BCUT2D eigenvalue weighted by atomic mass is 16.3. The zero-order valence-electron chi connectivity index (χ0n) is 15.4. The Morgan fingerprint density at radius 2 is 1.75 bits per heavy atom. The summed E-state index contributed by atoms with van der Waals surface area (Å²) in [7, 11) is 1.88. The Morgan fingerprint density at radius 1 is 1.00 bits per heavy atom. The summed E-state index contributed by atoms with van der Waals surface area (Å²) in [6, 6.07) is 0.666. The molecule has 1 saturated carbocycles. The lowest BCUT2D eigenvalue weighted by Crippen LogP contribution is -2.50. The van der Waals surface area contributed by atoms with Gasteiger partial charge in [0, 0.05) is 39.3 Å². The number of piperidine rings is 1. The Morgan fingerprint density at radius 3 is 2.46 bits per heavy atom. The van der Waals surface area contributed by atoms with Crippen molar-refractivity contribution < 1.29 is 5.11 Å². The molecule has 0 aromatic rings. The van der Waals surface area contributed by atoms with Gasteiger partial charge in [-0.2, -0.15) is 0 Å². The second-order valence-corrected chi connectivity index (χ2v) is 7.94. The van der Waals surface area contributed by atoms with Crippen molar-refractivity contribution in [3.63, 3.8) is 0 Å². The molecular weight excluding hydrogens is 300 g/mol. The van der Waals surface area contributed by atoms with Gasteiger partial charge in [-0.05, 0) is 51.0 Å². The van der Waals surface area contributed by atoms with E-state index in [4.69, 9.17) is 0 Å². The number of aliphatic hydroxyl groups excluding tert-OH is 1. The molecule has 2 N–H and O–H groups in total. The first-order valence-corrected chi connectivity index (χ1v) is 10.1. The molecule has 138 valence electrons. The fourth-order valence-electron chi connectivity index (χ4n) is 4.69. The minimum absolute atomic E-state index is 0.125. The average Bonchev–Trinajstić information content (AvgIpc) is 3.05. The molecule has 0 spiro atoms. The summed E-state index contributed by atoms with van der Waals surface area (Å²) < 4.78 is 0. The molecule has 2 saturated heterocycles. The number of hydrogen-bond acceptors (Lipinski definition) is 3. The first kappa shape index (κ1) is 18.0. The Hall–Kier alpha value is -0.810. The summed E-state index contributed by atoms with van der Waals surface area (Å²) >= 11 is 0. The molecule has 5 nitrogen and oxygen atoms in total. The second kappa shape index (κ2) is 9.04. The van der Waals surface area contributed by atoms with Crippen molar-refractivity contribution in [2.45, 2.75) is 69.9 Å². The maximum Gasteiger partial charge on any atom is 0.193 e. The number of guanidine groups is 1. The van der Waals surface area contributed by atoms with E-state index < -0.39 is 0 Å². The summed E-state index contributed by atoms with van der Waals surface area (Å²) in [5.74, 6) is 1.95. The maximum absolute atomic E-state index is 9.68. The third-order valence-corrected chi connectivity index (χ3v) is 6.19. The Balaban J connectivity index is 1.45. The average molecular weight is 337 g/mol. The number of likely N-dealkylation sites (tertiary alicyclic amines) is 2. The van der Waals surface area contributed by atoms with Crippen LogP contribution in [-0.4, -0.2) is 72.8 Å². The lowest BCUT2D eigenvalue weighted by molar-refractivity contribution is 0.107. The molecule has 0 aromatic heterocycles. The highest BCUT2D eigenvalue weighted by molar-refractivity contribution is 5.80. The van der Waals surface area contributed by atoms with Gasteiger partial charge in [-0.3, -0.25) is 9.89 Å². The van der Waals surface area contributed by atoms with Gasteiger partial charge in [0.1, 0.15) is 0 Å². The van der Waals surface area contributed by atoms with Crippen molar-refractivity contribution in [2.75, 3.05) is 39.8 Å². The lowest BCUT2D eigenvalue weighted by atomic mass is 9.89. The van der Waals surface area contributed by atoms with E-state index in [0.717, 1.165) is 44.4 Å². The first-order valence-electron chi connectivity index (χ1n) is 10.1. The van der Waals surface area contributed by atoms with Crippen LogP contribution >= 0.6 is 0 Å². The number of hydrogen-bond donors (Lipinski definition) is 2. The third-order valence-electron chi connectivity index (χ3n) is 6.19. The van der Waals surface area contributed by atoms with Gasteiger partial charge in [-0.1, -0.05) is 19.3 Å². The number of rotatable bonds is 4. The fraction of sp³-hybridized carbons (Fsp3) is 0.947. The van der Waals surface area contributed by atoms with Gasteiger partial charge in [0.15, 0.2) is 5.96 Å². The molecule has 0 radical (unpaired) electrons. The van der Waals surface area contributed by atoms with Gasteiger partial charge in [-0.15, -0.1) is 0 Å². The van der Waals surface area contributed by atoms with Crippen molar-refractivity contribution in [1.29, 1.82) is 0 Å². The zero-order chi connectivity index (χ0) is 16.8. The zero-order valence-corrected chi connectivity index (χ0v) is 15.4. The largest absolute Gasteiger partial charge is 0.393 e. The van der Waals surface area contributed by atoms with Gasteiger partial charge < -0.3 is 15.3 Å². The molecule has 0 amide bonds. The SMILES string of the molecule is CN=C(NCC1CCCN1CC1CCCCC1)N1CCC(O)CC1. The van der Waals surface area contributed by atoms with Crippen LogP contribution in [0.3, 0.4) is 0 Å². The number of nitrogens with zero attached hydrogens (tertiary/aromatic N) is 3. The van der Waals surface area contributed by atoms with Crippen LogP contribution in [0.15, 0.2) is 4.99 Å². The van der Waals surface area contributed by atoms with E-state index in [9.17, 15) is 5.11 Å². The molecular formula is C19H36N4O. The standard InChI is InChI=1S/C19H36N4O/c1-20-19(22-12-9-18(24)10-13-22)21-14-17-8-5-11-23(17)15-16-6-3-2-4-7-16/h16-18,24H,2-15H2,1H3,(H,20,21). The normalized spacial score (nSPS) is 28.5. The minimum Gasteiger partial charge on any atom is -0.393 e. The molecule has 1 unspecified atom stereocenters. The lowest BCUT2D eigenvalue weighted by Gasteiger charge is -2.34. The fourth-order valence-corrected chi connectivity index (χ4v) is 4.69. The molecule has 1 aliphatic carbocycles. The van der Waals surface area contributed by atoms with Crippen molar-refractivity contribution in [3.8, 4) is 0 Å². The topological polar surface area (TPSA) is 51.1 Å². The van der Waals surface area contributed by atoms with Gasteiger partial charge >= 0.3 is 0 Å². The second-order valence-electron chi connectivity index (χ2n) is 7.94. The molecule has 5 heteroatoms. The van der Waals surface area contributed by atoms with E-state index in [1.165, 1.54) is 58.0 Å². The van der Waals surface area contributed by atoms with Crippen LogP contribution in [0.25, 0.3) is 0 Å². The highest BCUT2D eigenvalue weighted by Gasteiger charge is 2.28. The summed E-state index contributed by atoms with van der Waals surface area (Å²) in [4.78, 5) is 9.50. The van der Waals surface area contributed by atoms with Crippen molar-refractivity contribution >= 4 is 5.96 Å². The summed E-state index contributed by atoms with van der Waals surface area (Å²) in [5, 5.41) is 13.3. The summed E-state index contributed by atoms with van der Waals surface area (Å²) in [6.07, 6.45) is 11.5. The minimum atomic E-state index is -0.125. The van der Waals surface area contributed by atoms with Crippen LogP contribution in [0.2, 0.25) is 0 Å². The summed E-state index contributed by atoms with van der Waals surface area (Å²) in [6.45, 7) is 5.42. The molecule has 1 atom stereocenters. The molecule has 3 aliphatic rings. The predicted octanol–water partition coefficient (Wildman–Crippen LogP) is 2.06. The van der Waals surface area contributed by atoms with Crippen LogP contribution in [0.5, 0.6) is 0 Å². The number of aliphatic imine (C=N–C) groups is 1. The van der Waals surface area contributed by atoms with Gasteiger partial charge in [-0.25, -0.2) is 0 Å². The smallest absolute Gasteiger partial charge is 0.193 e. The van der Waals surface area contributed by atoms with Crippen LogP contribution in [-0.2, 0) is 0 Å². The molecule has 3 fully saturated rings. The van der Waals surface area contributed by atoms with E-state index in [-0.39, 0.29) is 6.10 Å². The van der Waals surface area contributed by atoms with Gasteiger partial charge in [0.25, 0.3) is 0 Å². The molecule has 24 heavy (non-hydrogen) atoms. The number of nitrogens with one attached hydrogen (secondary N) is 1. The van der Waals surface area contributed by atoms with Crippen molar-refractivity contribution in [1.82, 2.24) is 15.1 Å². The van der Waals surface area contributed by atoms with Gasteiger partial charge in [0.2, 0.25) is 0 Å². The Labute approximate surface area is 147 Å². The van der Waals surface area contributed by atoms with Gasteiger partial charge in [0.05, 0.1) is 6.10 Å². The molecule has 2 heterocycles. The van der Waals surface area contributed by atoms with E-state index in [1.54, 1.807) is 0 Å². The van der Waals surface area contributed by atoms with E-state index >= 15 is 0 Å². The number of aliphatic hydroxyl groups is 1. The molecule has 2 aliphatic heterocycles. The predicted molar refractivity (Wildman–Crippen MR) is 99.3 cm³/mol. The Bertz CT molecular complexity index is 400. The van der Waals surface area contributed by atoms with E-state index in [0.29, 0.717) is 6.04 Å². The monoisotopic (exact) mass is 336 g/mol. The van der Waals surface area contributed by atoms with Crippen molar-refractivity contribution in [2.24, 2.45) is 10.9 Å². The van der Waals surface area contributed by atoms with Crippen LogP contribution in [0.4, 0.5) is 0 Å². The van der Waals surface area contributed by atoms with Crippen LogP contribution in [0.1, 0.15) is 57.8 Å². The van der Waals surface area contributed by atoms with E-state index in [2.05, 4.69) is 20.1 Å². The first-order chi connectivity index (χ1) is 11.8. The quantitative estimate of drug-likeness (QED) is 0.609.